The summed E-state index contributed by atoms with van der Waals surface area (Å²) in [5.41, 5.74) is 2.13. The van der Waals surface area contributed by atoms with Gasteiger partial charge in [-0.1, -0.05) is 27.2 Å². The monoisotopic (exact) mass is 280 g/mol. The summed E-state index contributed by atoms with van der Waals surface area (Å²) in [7, 11) is 1.94. The molecule has 0 fully saturated rings. The van der Waals surface area contributed by atoms with Gasteiger partial charge in [0.1, 0.15) is 0 Å². The van der Waals surface area contributed by atoms with Crippen molar-refractivity contribution in [3.05, 3.63) is 40.6 Å². The van der Waals surface area contributed by atoms with E-state index in [0.29, 0.717) is 0 Å². The predicted octanol–water partition coefficient (Wildman–Crippen LogP) is 1.79. The second-order valence-electron chi connectivity index (χ2n) is 3.47. The summed E-state index contributed by atoms with van der Waals surface area (Å²) in [6, 6.07) is 8.02. The molecule has 4 nitrogen and oxygen atoms in total. The Hall–Kier alpha value is -1.20. The van der Waals surface area contributed by atoms with E-state index in [0.717, 1.165) is 28.8 Å². The zero-order valence-corrected chi connectivity index (χ0v) is 10.6. The van der Waals surface area contributed by atoms with Crippen LogP contribution in [0.3, 0.4) is 0 Å². The summed E-state index contributed by atoms with van der Waals surface area (Å²) in [6.45, 7) is 0.918. The maximum Gasteiger partial charge on any atom is 0.0730 e. The molecule has 0 atom stereocenters. The Labute approximate surface area is 103 Å². The first kappa shape index (κ1) is 11.3. The number of nitrogens with zero attached hydrogens (tertiary/aromatic N) is 3. The van der Waals surface area contributed by atoms with Crippen LogP contribution in [-0.4, -0.2) is 28.6 Å². The van der Waals surface area contributed by atoms with Gasteiger partial charge in [-0.15, -0.1) is 5.10 Å². The van der Waals surface area contributed by atoms with Gasteiger partial charge in [0, 0.05) is 17.4 Å². The molecule has 0 radical (unpaired) electrons. The van der Waals surface area contributed by atoms with E-state index in [9.17, 15) is 0 Å². The van der Waals surface area contributed by atoms with Crippen LogP contribution < -0.4 is 5.32 Å². The van der Waals surface area contributed by atoms with Gasteiger partial charge in [0.25, 0.3) is 0 Å². The number of hydrogen-bond acceptors (Lipinski definition) is 3. The van der Waals surface area contributed by atoms with Crippen molar-refractivity contribution >= 4 is 15.9 Å². The number of rotatable bonds is 4. The standard InChI is InChI=1S/C11H13BrN4/c1-13-6-5-11-8-14-15-16(11)10-4-2-3-9(12)7-10/h2-4,7-8,13H,5-6H2,1H3. The van der Waals surface area contributed by atoms with Crippen LogP contribution in [0.5, 0.6) is 0 Å². The molecular formula is C11H13BrN4. The molecule has 16 heavy (non-hydrogen) atoms. The zero-order valence-electron chi connectivity index (χ0n) is 9.02. The summed E-state index contributed by atoms with van der Waals surface area (Å²) in [4.78, 5) is 0. The normalized spacial score (nSPS) is 10.6. The smallest absolute Gasteiger partial charge is 0.0730 e. The van der Waals surface area contributed by atoms with Gasteiger partial charge in [-0.05, 0) is 25.2 Å². The third-order valence-corrected chi connectivity index (χ3v) is 2.80. The molecule has 1 aromatic carbocycles. The van der Waals surface area contributed by atoms with Crippen LogP contribution in [-0.2, 0) is 6.42 Å². The molecule has 0 aliphatic rings. The van der Waals surface area contributed by atoms with Crippen LogP contribution in [0.15, 0.2) is 34.9 Å². The topological polar surface area (TPSA) is 42.7 Å². The van der Waals surface area contributed by atoms with Gasteiger partial charge in [0.2, 0.25) is 0 Å². The summed E-state index contributed by atoms with van der Waals surface area (Å²) < 4.78 is 2.90. The molecule has 0 saturated heterocycles. The number of benzene rings is 1. The molecule has 2 aromatic rings. The highest BCUT2D eigenvalue weighted by Gasteiger charge is 2.05. The fraction of sp³-hybridized carbons (Fsp3) is 0.273. The van der Waals surface area contributed by atoms with E-state index in [1.807, 2.05) is 36.0 Å². The van der Waals surface area contributed by atoms with E-state index >= 15 is 0 Å². The lowest BCUT2D eigenvalue weighted by Gasteiger charge is -2.06. The minimum Gasteiger partial charge on any atom is -0.319 e. The van der Waals surface area contributed by atoms with E-state index < -0.39 is 0 Å². The Morgan fingerprint density at radius 3 is 3.06 bits per heavy atom. The van der Waals surface area contributed by atoms with Gasteiger partial charge in [0.05, 0.1) is 17.6 Å². The van der Waals surface area contributed by atoms with Gasteiger partial charge >= 0.3 is 0 Å². The molecule has 0 unspecified atom stereocenters. The Balaban J connectivity index is 2.29. The molecule has 5 heteroatoms. The fourth-order valence-corrected chi connectivity index (χ4v) is 1.89. The van der Waals surface area contributed by atoms with E-state index in [4.69, 9.17) is 0 Å². The quantitative estimate of drug-likeness (QED) is 0.929. The molecule has 0 aliphatic carbocycles. The highest BCUT2D eigenvalue weighted by atomic mass is 79.9. The number of halogens is 1. The van der Waals surface area contributed by atoms with Gasteiger partial charge in [-0.2, -0.15) is 0 Å². The van der Waals surface area contributed by atoms with E-state index in [2.05, 4.69) is 31.6 Å². The van der Waals surface area contributed by atoms with Gasteiger partial charge in [0.15, 0.2) is 0 Å². The van der Waals surface area contributed by atoms with Crippen molar-refractivity contribution in [2.45, 2.75) is 6.42 Å². The Bertz CT molecular complexity index is 467. The van der Waals surface area contributed by atoms with Crippen LogP contribution in [0.2, 0.25) is 0 Å². The van der Waals surface area contributed by atoms with Gasteiger partial charge < -0.3 is 5.32 Å². The van der Waals surface area contributed by atoms with Crippen LogP contribution in [0.4, 0.5) is 0 Å². The van der Waals surface area contributed by atoms with Crippen molar-refractivity contribution < 1.29 is 0 Å². The molecule has 0 bridgehead atoms. The molecule has 0 spiro atoms. The second kappa shape index (κ2) is 5.23. The number of hydrogen-bond donors (Lipinski definition) is 1. The minimum atomic E-state index is 0.913. The van der Waals surface area contributed by atoms with Crippen molar-refractivity contribution in [3.8, 4) is 5.69 Å². The third kappa shape index (κ3) is 2.48. The highest BCUT2D eigenvalue weighted by Crippen LogP contribution is 2.15. The molecule has 1 aromatic heterocycles. The average Bonchev–Trinajstić information content (AvgIpc) is 2.74. The Kier molecular flexibility index (Phi) is 3.69. The van der Waals surface area contributed by atoms with Crippen molar-refractivity contribution in [1.82, 2.24) is 20.3 Å². The highest BCUT2D eigenvalue weighted by molar-refractivity contribution is 9.10. The predicted molar refractivity (Wildman–Crippen MR) is 66.7 cm³/mol. The van der Waals surface area contributed by atoms with Gasteiger partial charge in [-0.25, -0.2) is 4.68 Å². The summed E-state index contributed by atoms with van der Waals surface area (Å²) in [6.07, 6.45) is 2.72. The maximum atomic E-state index is 4.10. The lowest BCUT2D eigenvalue weighted by atomic mass is 10.3. The van der Waals surface area contributed by atoms with Crippen LogP contribution in [0.1, 0.15) is 5.69 Å². The number of aromatic nitrogens is 3. The van der Waals surface area contributed by atoms with Crippen molar-refractivity contribution in [3.63, 3.8) is 0 Å². The van der Waals surface area contributed by atoms with E-state index in [1.165, 1.54) is 0 Å². The molecule has 1 heterocycles. The Morgan fingerprint density at radius 2 is 2.31 bits per heavy atom. The van der Waals surface area contributed by atoms with E-state index in [1.54, 1.807) is 6.20 Å². The fourth-order valence-electron chi connectivity index (χ4n) is 1.51. The first-order valence-corrected chi connectivity index (χ1v) is 5.90. The van der Waals surface area contributed by atoms with Crippen LogP contribution >= 0.6 is 15.9 Å². The Morgan fingerprint density at radius 1 is 1.44 bits per heavy atom. The average molecular weight is 281 g/mol. The lowest BCUT2D eigenvalue weighted by Crippen LogP contribution is -2.13. The van der Waals surface area contributed by atoms with Crippen LogP contribution in [0.25, 0.3) is 5.69 Å². The molecule has 0 amide bonds. The first-order valence-electron chi connectivity index (χ1n) is 5.11. The number of nitrogens with one attached hydrogen (secondary N) is 1. The summed E-state index contributed by atoms with van der Waals surface area (Å²) in [5.74, 6) is 0. The minimum absolute atomic E-state index is 0.913. The summed E-state index contributed by atoms with van der Waals surface area (Å²) >= 11 is 3.45. The molecule has 2 rings (SSSR count). The lowest BCUT2D eigenvalue weighted by molar-refractivity contribution is 0.719. The summed E-state index contributed by atoms with van der Waals surface area (Å²) in [5, 5.41) is 11.2. The first-order chi connectivity index (χ1) is 7.81. The molecule has 0 saturated carbocycles. The largest absolute Gasteiger partial charge is 0.319 e. The van der Waals surface area contributed by atoms with Crippen molar-refractivity contribution in [2.75, 3.05) is 13.6 Å². The third-order valence-electron chi connectivity index (χ3n) is 2.30. The van der Waals surface area contributed by atoms with Gasteiger partial charge in [-0.3, -0.25) is 0 Å². The second-order valence-corrected chi connectivity index (χ2v) is 4.39. The molecular weight excluding hydrogens is 268 g/mol. The molecule has 84 valence electrons. The molecule has 0 aliphatic heterocycles. The zero-order chi connectivity index (χ0) is 11.4. The SMILES string of the molecule is CNCCc1cnnn1-c1cccc(Br)c1. The van der Waals surface area contributed by atoms with Crippen molar-refractivity contribution in [2.24, 2.45) is 0 Å². The van der Waals surface area contributed by atoms with Crippen LogP contribution in [0, 0.1) is 0 Å². The molecule has 1 N–H and O–H groups in total. The van der Waals surface area contributed by atoms with Crippen molar-refractivity contribution in [1.29, 1.82) is 0 Å². The van der Waals surface area contributed by atoms with E-state index in [-0.39, 0.29) is 0 Å². The maximum absolute atomic E-state index is 4.10. The number of likely N-dealkylation sites (N-methyl/N-ethyl adjacent to an activating group) is 1.